The van der Waals surface area contributed by atoms with Gasteiger partial charge >= 0.3 is 0 Å². The molecule has 8 nitrogen and oxygen atoms in total. The summed E-state index contributed by atoms with van der Waals surface area (Å²) in [4.78, 5) is 28.9. The molecule has 0 saturated heterocycles. The van der Waals surface area contributed by atoms with Crippen LogP contribution in [0.3, 0.4) is 0 Å². The second-order valence-corrected chi connectivity index (χ2v) is 6.77. The molecule has 0 unspecified atom stereocenters. The Hall–Kier alpha value is -4.46. The number of nitrogens with zero attached hydrogens (tertiary/aromatic N) is 3. The third-order valence-corrected chi connectivity index (χ3v) is 4.55. The minimum Gasteiger partial charge on any atom is -0.497 e. The van der Waals surface area contributed by atoms with Crippen molar-refractivity contribution < 1.29 is 14.3 Å². The number of nitrogens with one attached hydrogen (secondary N) is 1. The van der Waals surface area contributed by atoms with Gasteiger partial charge in [0.15, 0.2) is 0 Å². The summed E-state index contributed by atoms with van der Waals surface area (Å²) < 4.78 is 12.1. The predicted molar refractivity (Wildman–Crippen MR) is 118 cm³/mol. The first-order valence-electron chi connectivity index (χ1n) is 9.83. The average Bonchev–Trinajstić information content (AvgIpc) is 2.84. The first-order valence-corrected chi connectivity index (χ1v) is 9.83. The molecule has 160 valence electrons. The van der Waals surface area contributed by atoms with Gasteiger partial charge in [-0.25, -0.2) is 4.98 Å². The van der Waals surface area contributed by atoms with E-state index in [2.05, 4.69) is 15.4 Å². The van der Waals surface area contributed by atoms with Crippen molar-refractivity contribution in [3.05, 3.63) is 107 Å². The monoisotopic (exact) mass is 428 g/mol. The summed E-state index contributed by atoms with van der Waals surface area (Å²) in [5, 5.41) is 6.96. The molecule has 0 aliphatic rings. The van der Waals surface area contributed by atoms with E-state index in [1.54, 1.807) is 61.8 Å². The maximum absolute atomic E-state index is 12.5. The number of aromatic nitrogens is 3. The van der Waals surface area contributed by atoms with Gasteiger partial charge in [-0.15, -0.1) is 0 Å². The second kappa shape index (κ2) is 9.57. The van der Waals surface area contributed by atoms with E-state index in [9.17, 15) is 9.59 Å². The Labute approximate surface area is 184 Å². The molecule has 1 N–H and O–H groups in total. The number of hydrogen-bond acceptors (Lipinski definition) is 6. The van der Waals surface area contributed by atoms with Gasteiger partial charge in [0.05, 0.1) is 12.8 Å². The normalized spacial score (nSPS) is 10.4. The molecule has 2 aromatic carbocycles. The van der Waals surface area contributed by atoms with Gasteiger partial charge in [-0.2, -0.15) is 9.78 Å². The van der Waals surface area contributed by atoms with E-state index in [1.807, 2.05) is 18.2 Å². The third-order valence-electron chi connectivity index (χ3n) is 4.55. The zero-order valence-corrected chi connectivity index (χ0v) is 17.3. The van der Waals surface area contributed by atoms with Gasteiger partial charge in [-0.1, -0.05) is 30.3 Å². The Balaban J connectivity index is 1.39. The van der Waals surface area contributed by atoms with Crippen LogP contribution in [0.2, 0.25) is 0 Å². The average molecular weight is 428 g/mol. The third kappa shape index (κ3) is 4.99. The molecule has 0 bridgehead atoms. The first-order chi connectivity index (χ1) is 15.6. The molecule has 4 rings (SSSR count). The van der Waals surface area contributed by atoms with Crippen molar-refractivity contribution >= 4 is 5.91 Å². The lowest BCUT2D eigenvalue weighted by atomic mass is 10.2. The second-order valence-electron chi connectivity index (χ2n) is 6.77. The Bertz CT molecular complexity index is 1270. The molecule has 0 aliphatic heterocycles. The van der Waals surface area contributed by atoms with E-state index < -0.39 is 5.91 Å². The van der Waals surface area contributed by atoms with Crippen molar-refractivity contribution in [3.63, 3.8) is 0 Å². The summed E-state index contributed by atoms with van der Waals surface area (Å²) in [5.41, 5.74) is 1.19. The van der Waals surface area contributed by atoms with Crippen molar-refractivity contribution in [1.29, 1.82) is 0 Å². The number of rotatable bonds is 7. The predicted octanol–water partition coefficient (Wildman–Crippen LogP) is 3.36. The fourth-order valence-corrected chi connectivity index (χ4v) is 2.92. The number of para-hydroxylation sites is 1. The van der Waals surface area contributed by atoms with Crippen LogP contribution in [-0.4, -0.2) is 27.8 Å². The van der Waals surface area contributed by atoms with Crippen molar-refractivity contribution in [2.24, 2.45) is 0 Å². The Morgan fingerprint density at radius 3 is 2.53 bits per heavy atom. The lowest BCUT2D eigenvalue weighted by Crippen LogP contribution is -2.28. The summed E-state index contributed by atoms with van der Waals surface area (Å²) in [5.74, 6) is 1.32. The van der Waals surface area contributed by atoms with Crippen LogP contribution < -0.4 is 20.3 Å². The van der Waals surface area contributed by atoms with Crippen LogP contribution in [0.4, 0.5) is 0 Å². The summed E-state index contributed by atoms with van der Waals surface area (Å²) >= 11 is 0. The summed E-state index contributed by atoms with van der Waals surface area (Å²) in [6, 6.07) is 22.4. The molecule has 32 heavy (non-hydrogen) atoms. The molecule has 0 aliphatic carbocycles. The highest BCUT2D eigenvalue weighted by Crippen LogP contribution is 2.23. The number of benzene rings is 2. The molecule has 0 spiro atoms. The van der Waals surface area contributed by atoms with Crippen LogP contribution in [0.1, 0.15) is 16.1 Å². The molecule has 2 heterocycles. The summed E-state index contributed by atoms with van der Waals surface area (Å²) in [7, 11) is 1.59. The zero-order valence-electron chi connectivity index (χ0n) is 17.3. The Morgan fingerprint density at radius 2 is 1.78 bits per heavy atom. The Kier molecular flexibility index (Phi) is 6.22. The van der Waals surface area contributed by atoms with Crippen molar-refractivity contribution in [2.75, 3.05) is 7.11 Å². The molecule has 1 amide bonds. The van der Waals surface area contributed by atoms with Crippen LogP contribution in [0.15, 0.2) is 89.9 Å². The standard InChI is InChI=1S/C24H20N4O4/c1-31-19-8-5-9-20(14-19)32-22-12-10-17(15-25-22)16-26-24(30)21-11-13-23(29)28(27-21)18-6-3-2-4-7-18/h2-15H,16H2,1H3,(H,26,30). The minimum atomic E-state index is -0.397. The molecular weight excluding hydrogens is 408 g/mol. The maximum atomic E-state index is 12.5. The maximum Gasteiger partial charge on any atom is 0.272 e. The summed E-state index contributed by atoms with van der Waals surface area (Å²) in [6.07, 6.45) is 1.62. The highest BCUT2D eigenvalue weighted by Gasteiger charge is 2.11. The van der Waals surface area contributed by atoms with E-state index in [4.69, 9.17) is 9.47 Å². The van der Waals surface area contributed by atoms with Crippen LogP contribution in [-0.2, 0) is 6.54 Å². The number of pyridine rings is 1. The fraction of sp³-hybridized carbons (Fsp3) is 0.0833. The number of methoxy groups -OCH3 is 1. The van der Waals surface area contributed by atoms with Crippen LogP contribution in [0.25, 0.3) is 5.69 Å². The highest BCUT2D eigenvalue weighted by molar-refractivity contribution is 5.92. The van der Waals surface area contributed by atoms with Gasteiger partial charge in [0.2, 0.25) is 5.88 Å². The number of ether oxygens (including phenoxy) is 2. The van der Waals surface area contributed by atoms with Crippen molar-refractivity contribution in [1.82, 2.24) is 20.1 Å². The van der Waals surface area contributed by atoms with Crippen LogP contribution in [0, 0.1) is 0 Å². The first kappa shape index (κ1) is 20.8. The van der Waals surface area contributed by atoms with E-state index in [-0.39, 0.29) is 17.8 Å². The van der Waals surface area contributed by atoms with E-state index in [0.717, 1.165) is 5.56 Å². The smallest absolute Gasteiger partial charge is 0.272 e. The largest absolute Gasteiger partial charge is 0.497 e. The number of carbonyl (C=O) groups excluding carboxylic acids is 1. The quantitative estimate of drug-likeness (QED) is 0.485. The van der Waals surface area contributed by atoms with Gasteiger partial charge in [0.1, 0.15) is 17.2 Å². The van der Waals surface area contributed by atoms with E-state index in [0.29, 0.717) is 23.1 Å². The van der Waals surface area contributed by atoms with Gasteiger partial charge in [0.25, 0.3) is 11.5 Å². The lowest BCUT2D eigenvalue weighted by molar-refractivity contribution is 0.0944. The molecule has 8 heteroatoms. The van der Waals surface area contributed by atoms with Crippen LogP contribution >= 0.6 is 0 Å². The molecule has 0 atom stereocenters. The lowest BCUT2D eigenvalue weighted by Gasteiger charge is -2.09. The van der Waals surface area contributed by atoms with E-state index in [1.165, 1.54) is 16.8 Å². The molecule has 0 saturated carbocycles. The molecule has 2 aromatic heterocycles. The van der Waals surface area contributed by atoms with Gasteiger partial charge in [-0.3, -0.25) is 9.59 Å². The van der Waals surface area contributed by atoms with Gasteiger partial charge < -0.3 is 14.8 Å². The molecular formula is C24H20N4O4. The zero-order chi connectivity index (χ0) is 22.3. The Morgan fingerprint density at radius 1 is 0.969 bits per heavy atom. The fourth-order valence-electron chi connectivity index (χ4n) is 2.92. The summed E-state index contributed by atoms with van der Waals surface area (Å²) in [6.45, 7) is 0.247. The van der Waals surface area contributed by atoms with Crippen molar-refractivity contribution in [3.8, 4) is 23.1 Å². The minimum absolute atomic E-state index is 0.138. The SMILES string of the molecule is COc1cccc(Oc2ccc(CNC(=O)c3ccc(=O)n(-c4ccccc4)n3)cn2)c1. The number of amides is 1. The topological polar surface area (TPSA) is 95.3 Å². The number of hydrogen-bond donors (Lipinski definition) is 1. The molecule has 4 aromatic rings. The molecule has 0 radical (unpaired) electrons. The highest BCUT2D eigenvalue weighted by atomic mass is 16.5. The number of carbonyl (C=O) groups is 1. The van der Waals surface area contributed by atoms with Crippen molar-refractivity contribution in [2.45, 2.75) is 6.54 Å². The van der Waals surface area contributed by atoms with Crippen LogP contribution in [0.5, 0.6) is 17.4 Å². The van der Waals surface area contributed by atoms with Gasteiger partial charge in [-0.05, 0) is 35.9 Å². The molecule has 0 fully saturated rings. The van der Waals surface area contributed by atoms with Gasteiger partial charge in [0, 0.05) is 30.9 Å². The van der Waals surface area contributed by atoms with E-state index >= 15 is 0 Å².